The second-order valence-corrected chi connectivity index (χ2v) is 7.40. The summed E-state index contributed by atoms with van der Waals surface area (Å²) in [6.45, 7) is 8.23. The van der Waals surface area contributed by atoms with E-state index in [4.69, 9.17) is 9.47 Å². The van der Waals surface area contributed by atoms with Crippen LogP contribution in [0.1, 0.15) is 34.6 Å². The molecule has 8 heteroatoms. The van der Waals surface area contributed by atoms with Gasteiger partial charge in [-0.15, -0.1) is 0 Å². The number of hydrogen-bond donors (Lipinski definition) is 2. The zero-order chi connectivity index (χ0) is 19.2. The van der Waals surface area contributed by atoms with Gasteiger partial charge in [-0.05, 0) is 58.9 Å². The Morgan fingerprint density at radius 3 is 2.12 bits per heavy atom. The highest BCUT2D eigenvalue weighted by atomic mass is 79.9. The molecule has 0 radical (unpaired) electrons. The first-order chi connectivity index (χ1) is 11.5. The van der Waals surface area contributed by atoms with Crippen LogP contribution in [0, 0.1) is 0 Å². The summed E-state index contributed by atoms with van der Waals surface area (Å²) in [5.41, 5.74) is -0.489. The van der Waals surface area contributed by atoms with Crippen LogP contribution >= 0.6 is 15.9 Å². The molecule has 7 nitrogen and oxygen atoms in total. The molecule has 0 fully saturated rings. The molecule has 1 aromatic rings. The van der Waals surface area contributed by atoms with Gasteiger partial charge in [-0.3, -0.25) is 10.1 Å². The number of halogens is 1. The summed E-state index contributed by atoms with van der Waals surface area (Å²) in [7, 11) is 0. The highest BCUT2D eigenvalue weighted by Crippen LogP contribution is 2.17. The Kier molecular flexibility index (Phi) is 7.41. The smallest absolute Gasteiger partial charge is 0.347 e. The predicted octanol–water partition coefficient (Wildman–Crippen LogP) is 2.77. The fraction of sp³-hybridized carbons (Fsp3) is 0.471. The van der Waals surface area contributed by atoms with Gasteiger partial charge in [0.25, 0.3) is 5.91 Å². The minimum Gasteiger partial charge on any atom is -0.479 e. The number of nitrogens with one attached hydrogen (secondary N) is 2. The maximum absolute atomic E-state index is 12.0. The van der Waals surface area contributed by atoms with Gasteiger partial charge in [0.2, 0.25) is 0 Å². The van der Waals surface area contributed by atoms with E-state index >= 15 is 0 Å². The van der Waals surface area contributed by atoms with Crippen molar-refractivity contribution >= 4 is 33.8 Å². The third kappa shape index (κ3) is 8.02. The second kappa shape index (κ2) is 8.84. The zero-order valence-corrected chi connectivity index (χ0v) is 16.5. The van der Waals surface area contributed by atoms with Crippen molar-refractivity contribution < 1.29 is 23.9 Å². The Labute approximate surface area is 155 Å². The van der Waals surface area contributed by atoms with Crippen LogP contribution in [0.4, 0.5) is 4.79 Å². The molecule has 1 aromatic carbocycles. The summed E-state index contributed by atoms with van der Waals surface area (Å²) >= 11 is 3.30. The van der Waals surface area contributed by atoms with Crippen molar-refractivity contribution in [3.8, 4) is 5.75 Å². The summed E-state index contributed by atoms with van der Waals surface area (Å²) < 4.78 is 11.4. The molecule has 0 aliphatic heterocycles. The first-order valence-electron chi connectivity index (χ1n) is 7.73. The molecular formula is C17H23BrN2O5. The maximum atomic E-state index is 12.0. The molecule has 0 aliphatic carbocycles. The van der Waals surface area contributed by atoms with E-state index in [1.807, 2.05) is 0 Å². The highest BCUT2D eigenvalue weighted by molar-refractivity contribution is 9.10. The monoisotopic (exact) mass is 414 g/mol. The van der Waals surface area contributed by atoms with Gasteiger partial charge in [0.05, 0.1) is 0 Å². The third-order valence-corrected chi connectivity index (χ3v) is 3.37. The molecule has 3 amide bonds. The van der Waals surface area contributed by atoms with Crippen LogP contribution < -0.4 is 15.4 Å². The van der Waals surface area contributed by atoms with Gasteiger partial charge in [0.15, 0.2) is 12.2 Å². The van der Waals surface area contributed by atoms with E-state index in [0.717, 1.165) is 4.47 Å². The number of carbonyl (C=O) groups is 3. The number of rotatable bonds is 5. The zero-order valence-electron chi connectivity index (χ0n) is 14.9. The summed E-state index contributed by atoms with van der Waals surface area (Å²) in [5.74, 6) is -0.929. The summed E-state index contributed by atoms with van der Waals surface area (Å²) in [4.78, 5) is 35.6. The van der Waals surface area contributed by atoms with Crippen molar-refractivity contribution in [2.24, 2.45) is 0 Å². The van der Waals surface area contributed by atoms with Gasteiger partial charge in [0, 0.05) is 10.0 Å². The third-order valence-electron chi connectivity index (χ3n) is 2.85. The molecule has 0 bridgehead atoms. The lowest BCUT2D eigenvalue weighted by Crippen LogP contribution is -2.51. The van der Waals surface area contributed by atoms with E-state index in [1.54, 1.807) is 45.0 Å². The van der Waals surface area contributed by atoms with Gasteiger partial charge >= 0.3 is 12.0 Å². The van der Waals surface area contributed by atoms with Gasteiger partial charge in [-0.25, -0.2) is 9.59 Å². The van der Waals surface area contributed by atoms with Crippen molar-refractivity contribution in [1.29, 1.82) is 0 Å². The molecule has 0 aliphatic rings. The van der Waals surface area contributed by atoms with Gasteiger partial charge in [-0.1, -0.05) is 15.9 Å². The fourth-order valence-electron chi connectivity index (χ4n) is 1.67. The second-order valence-electron chi connectivity index (χ2n) is 6.49. The number of amides is 3. The van der Waals surface area contributed by atoms with Crippen LogP contribution in [-0.2, 0) is 14.3 Å². The van der Waals surface area contributed by atoms with Gasteiger partial charge in [0.1, 0.15) is 5.75 Å². The Morgan fingerprint density at radius 2 is 1.60 bits per heavy atom. The van der Waals surface area contributed by atoms with Crippen LogP contribution in [0.15, 0.2) is 28.7 Å². The molecule has 138 valence electrons. The normalized spacial score (nSPS) is 13.4. The Balaban J connectivity index is 2.50. The first-order valence-corrected chi connectivity index (χ1v) is 8.53. The van der Waals surface area contributed by atoms with Crippen LogP contribution in [0.25, 0.3) is 0 Å². The van der Waals surface area contributed by atoms with Crippen molar-refractivity contribution in [3.05, 3.63) is 28.7 Å². The number of esters is 1. The van der Waals surface area contributed by atoms with E-state index in [9.17, 15) is 14.4 Å². The maximum Gasteiger partial charge on any atom is 0.347 e. The topological polar surface area (TPSA) is 93.7 Å². The Hall–Kier alpha value is -2.09. The molecule has 0 heterocycles. The first kappa shape index (κ1) is 21.0. The molecular weight excluding hydrogens is 392 g/mol. The lowest BCUT2D eigenvalue weighted by atomic mass is 10.1. The number of carbonyl (C=O) groups excluding carboxylic acids is 3. The van der Waals surface area contributed by atoms with E-state index in [-0.39, 0.29) is 0 Å². The number of hydrogen-bond acceptors (Lipinski definition) is 5. The molecule has 2 N–H and O–H groups in total. The number of ether oxygens (including phenoxy) is 2. The number of urea groups is 1. The van der Waals surface area contributed by atoms with E-state index < -0.39 is 35.7 Å². The van der Waals surface area contributed by atoms with Crippen molar-refractivity contribution in [2.75, 3.05) is 0 Å². The molecule has 25 heavy (non-hydrogen) atoms. The van der Waals surface area contributed by atoms with Crippen LogP contribution in [0.2, 0.25) is 0 Å². The average molecular weight is 415 g/mol. The number of imide groups is 1. The van der Waals surface area contributed by atoms with E-state index in [0.29, 0.717) is 5.75 Å². The average Bonchev–Trinajstić information content (AvgIpc) is 2.47. The lowest BCUT2D eigenvalue weighted by Gasteiger charge is -2.21. The molecule has 0 saturated carbocycles. The molecule has 2 atom stereocenters. The SMILES string of the molecule is C[C@H](OC(=O)[C@@H](C)Oc1ccc(Br)cc1)C(=O)NC(=O)NC(C)(C)C. The quantitative estimate of drug-likeness (QED) is 0.722. The predicted molar refractivity (Wildman–Crippen MR) is 96.2 cm³/mol. The van der Waals surface area contributed by atoms with Crippen molar-refractivity contribution in [2.45, 2.75) is 52.4 Å². The van der Waals surface area contributed by atoms with Crippen molar-refractivity contribution in [3.63, 3.8) is 0 Å². The van der Waals surface area contributed by atoms with Crippen LogP contribution in [0.5, 0.6) is 5.75 Å². The highest BCUT2D eigenvalue weighted by Gasteiger charge is 2.25. The molecule has 0 spiro atoms. The Bertz CT molecular complexity index is 625. The van der Waals surface area contributed by atoms with Crippen LogP contribution in [-0.4, -0.2) is 35.7 Å². The summed E-state index contributed by atoms with van der Waals surface area (Å²) in [6, 6.07) is 6.29. The summed E-state index contributed by atoms with van der Waals surface area (Å²) in [6.07, 6.45) is -2.03. The van der Waals surface area contributed by atoms with E-state index in [2.05, 4.69) is 26.6 Å². The largest absolute Gasteiger partial charge is 0.479 e. The van der Waals surface area contributed by atoms with Crippen LogP contribution in [0.3, 0.4) is 0 Å². The number of benzene rings is 1. The molecule has 0 saturated heterocycles. The minimum atomic E-state index is -1.13. The van der Waals surface area contributed by atoms with Crippen molar-refractivity contribution in [1.82, 2.24) is 10.6 Å². The summed E-state index contributed by atoms with van der Waals surface area (Å²) in [5, 5.41) is 4.70. The minimum absolute atomic E-state index is 0.489. The molecule has 1 rings (SSSR count). The molecule has 0 unspecified atom stereocenters. The lowest BCUT2D eigenvalue weighted by molar-refractivity contribution is -0.160. The van der Waals surface area contributed by atoms with E-state index in [1.165, 1.54) is 13.8 Å². The standard InChI is InChI=1S/C17H23BrN2O5/c1-10(14(21)19-16(23)20-17(3,4)5)25-15(22)11(2)24-13-8-6-12(18)7-9-13/h6-11H,1-5H3,(H2,19,20,21,23)/t10-,11+/m0/s1. The Morgan fingerprint density at radius 1 is 1.04 bits per heavy atom. The van der Waals surface area contributed by atoms with Gasteiger partial charge < -0.3 is 14.8 Å². The van der Waals surface area contributed by atoms with Gasteiger partial charge in [-0.2, -0.15) is 0 Å². The molecule has 0 aromatic heterocycles. The fourth-order valence-corrected chi connectivity index (χ4v) is 1.94.